The van der Waals surface area contributed by atoms with Gasteiger partial charge in [0.15, 0.2) is 0 Å². The molecule has 0 radical (unpaired) electrons. The second kappa shape index (κ2) is 5.01. The minimum atomic E-state index is 0.462. The van der Waals surface area contributed by atoms with Gasteiger partial charge in [-0.2, -0.15) is 0 Å². The van der Waals surface area contributed by atoms with Crippen molar-refractivity contribution in [3.05, 3.63) is 35.4 Å². The van der Waals surface area contributed by atoms with E-state index in [1.165, 1.54) is 36.8 Å². The second-order valence-electron chi connectivity index (χ2n) is 5.01. The van der Waals surface area contributed by atoms with Crippen LogP contribution >= 0.6 is 0 Å². The van der Waals surface area contributed by atoms with E-state index in [2.05, 4.69) is 43.4 Å². The quantitative estimate of drug-likeness (QED) is 0.793. The van der Waals surface area contributed by atoms with Gasteiger partial charge in [-0.1, -0.05) is 38.1 Å². The summed E-state index contributed by atoms with van der Waals surface area (Å²) in [6.45, 7) is 5.53. The largest absolute Gasteiger partial charge is 0.307 e. The van der Waals surface area contributed by atoms with Gasteiger partial charge in [-0.25, -0.2) is 0 Å². The summed E-state index contributed by atoms with van der Waals surface area (Å²) in [6.07, 6.45) is 6.51. The number of benzene rings is 1. The molecule has 0 heterocycles. The highest BCUT2D eigenvalue weighted by Crippen LogP contribution is 2.34. The van der Waals surface area contributed by atoms with Crippen LogP contribution in [0, 0.1) is 0 Å². The summed E-state index contributed by atoms with van der Waals surface area (Å²) in [4.78, 5) is 0. The van der Waals surface area contributed by atoms with Crippen LogP contribution in [-0.4, -0.2) is 5.54 Å². The Balaban J connectivity index is 1.89. The Morgan fingerprint density at radius 1 is 1.06 bits per heavy atom. The van der Waals surface area contributed by atoms with E-state index in [1.54, 1.807) is 0 Å². The second-order valence-corrected chi connectivity index (χ2v) is 5.01. The fourth-order valence-electron chi connectivity index (χ4n) is 2.44. The third-order valence-corrected chi connectivity index (χ3v) is 4.09. The molecular weight excluding hydrogens is 194 g/mol. The maximum Gasteiger partial charge on any atom is 0.0210 e. The van der Waals surface area contributed by atoms with Gasteiger partial charge in [0, 0.05) is 12.1 Å². The van der Waals surface area contributed by atoms with Crippen LogP contribution < -0.4 is 5.32 Å². The van der Waals surface area contributed by atoms with Crippen LogP contribution in [0.5, 0.6) is 0 Å². The number of nitrogens with one attached hydrogen (secondary N) is 1. The minimum absolute atomic E-state index is 0.462. The van der Waals surface area contributed by atoms with E-state index in [4.69, 9.17) is 0 Å². The zero-order valence-corrected chi connectivity index (χ0v) is 10.6. The lowest BCUT2D eigenvalue weighted by Crippen LogP contribution is -2.49. The molecule has 0 saturated heterocycles. The van der Waals surface area contributed by atoms with Crippen molar-refractivity contribution in [3.63, 3.8) is 0 Å². The van der Waals surface area contributed by atoms with Gasteiger partial charge in [0.2, 0.25) is 0 Å². The van der Waals surface area contributed by atoms with Crippen molar-refractivity contribution >= 4 is 0 Å². The summed E-state index contributed by atoms with van der Waals surface area (Å²) < 4.78 is 0. The van der Waals surface area contributed by atoms with E-state index in [-0.39, 0.29) is 0 Å². The Hall–Kier alpha value is -0.820. The maximum atomic E-state index is 3.74. The first-order chi connectivity index (χ1) is 7.78. The van der Waals surface area contributed by atoms with Crippen LogP contribution in [0.1, 0.15) is 50.7 Å². The molecule has 1 aliphatic rings. The fraction of sp³-hybridized carbons (Fsp3) is 0.600. The molecule has 0 bridgehead atoms. The smallest absolute Gasteiger partial charge is 0.0210 e. The van der Waals surface area contributed by atoms with Crippen LogP contribution in [0.15, 0.2) is 24.3 Å². The van der Waals surface area contributed by atoms with Crippen molar-refractivity contribution in [1.29, 1.82) is 0 Å². The monoisotopic (exact) mass is 217 g/mol. The molecule has 0 unspecified atom stereocenters. The summed E-state index contributed by atoms with van der Waals surface area (Å²) in [7, 11) is 0. The number of hydrogen-bond acceptors (Lipinski definition) is 1. The first-order valence-corrected chi connectivity index (χ1v) is 6.61. The van der Waals surface area contributed by atoms with Crippen LogP contribution in [0.3, 0.4) is 0 Å². The molecule has 88 valence electrons. The van der Waals surface area contributed by atoms with E-state index in [0.717, 1.165) is 13.0 Å². The molecule has 0 spiro atoms. The summed E-state index contributed by atoms with van der Waals surface area (Å²) >= 11 is 0. The molecule has 1 heteroatoms. The molecule has 0 aliphatic heterocycles. The molecule has 1 N–H and O–H groups in total. The number of rotatable bonds is 5. The van der Waals surface area contributed by atoms with Gasteiger partial charge < -0.3 is 5.32 Å². The third kappa shape index (κ3) is 2.46. The Labute approximate surface area is 99.3 Å². The highest BCUT2D eigenvalue weighted by atomic mass is 15.0. The molecule has 0 aromatic heterocycles. The van der Waals surface area contributed by atoms with Crippen LogP contribution in [0.25, 0.3) is 0 Å². The van der Waals surface area contributed by atoms with Crippen molar-refractivity contribution in [1.82, 2.24) is 5.32 Å². The fourth-order valence-corrected chi connectivity index (χ4v) is 2.44. The lowest BCUT2D eigenvalue weighted by molar-refractivity contribution is 0.175. The molecule has 1 aliphatic carbocycles. The minimum Gasteiger partial charge on any atom is -0.307 e. The topological polar surface area (TPSA) is 12.0 Å². The Bertz CT molecular complexity index is 316. The normalized spacial score (nSPS) is 18.1. The lowest BCUT2D eigenvalue weighted by Gasteiger charge is -2.42. The standard InChI is InChI=1S/C15H23N/c1-3-13-6-8-14(9-7-13)12-16-15(4-2)10-5-11-15/h6-9,16H,3-5,10-12H2,1-2H3. The van der Waals surface area contributed by atoms with Gasteiger partial charge in [-0.15, -0.1) is 0 Å². The van der Waals surface area contributed by atoms with Gasteiger partial charge in [0.1, 0.15) is 0 Å². The zero-order valence-electron chi connectivity index (χ0n) is 10.6. The first kappa shape index (κ1) is 11.7. The summed E-state index contributed by atoms with van der Waals surface area (Å²) in [5.74, 6) is 0. The molecule has 1 aromatic carbocycles. The summed E-state index contributed by atoms with van der Waals surface area (Å²) in [5, 5.41) is 3.74. The van der Waals surface area contributed by atoms with Gasteiger partial charge in [0.25, 0.3) is 0 Å². The van der Waals surface area contributed by atoms with Gasteiger partial charge in [-0.05, 0) is 43.2 Å². The summed E-state index contributed by atoms with van der Waals surface area (Å²) in [5.41, 5.74) is 3.30. The molecule has 16 heavy (non-hydrogen) atoms. The highest BCUT2D eigenvalue weighted by Gasteiger charge is 2.33. The Morgan fingerprint density at radius 2 is 1.69 bits per heavy atom. The van der Waals surface area contributed by atoms with E-state index < -0.39 is 0 Å². The predicted octanol–water partition coefficient (Wildman–Crippen LogP) is 3.67. The van der Waals surface area contributed by atoms with Gasteiger partial charge in [-0.3, -0.25) is 0 Å². The molecule has 1 saturated carbocycles. The average molecular weight is 217 g/mol. The van der Waals surface area contributed by atoms with E-state index >= 15 is 0 Å². The van der Waals surface area contributed by atoms with Crippen molar-refractivity contribution in [2.75, 3.05) is 0 Å². The highest BCUT2D eigenvalue weighted by molar-refractivity contribution is 5.22. The van der Waals surface area contributed by atoms with Crippen molar-refractivity contribution in [2.45, 2.75) is 58.0 Å². The maximum absolute atomic E-state index is 3.74. The molecule has 1 nitrogen and oxygen atoms in total. The molecule has 0 amide bonds. The van der Waals surface area contributed by atoms with Gasteiger partial charge in [0.05, 0.1) is 0 Å². The molecule has 0 atom stereocenters. The molecular formula is C15H23N. The lowest BCUT2D eigenvalue weighted by atomic mass is 9.75. The molecule has 2 rings (SSSR count). The predicted molar refractivity (Wildman–Crippen MR) is 69.5 cm³/mol. The van der Waals surface area contributed by atoms with E-state index in [0.29, 0.717) is 5.54 Å². The van der Waals surface area contributed by atoms with Crippen molar-refractivity contribution in [2.24, 2.45) is 0 Å². The number of aryl methyl sites for hydroxylation is 1. The number of hydrogen-bond donors (Lipinski definition) is 1. The third-order valence-electron chi connectivity index (χ3n) is 4.09. The van der Waals surface area contributed by atoms with Crippen LogP contribution in [0.4, 0.5) is 0 Å². The van der Waals surface area contributed by atoms with Crippen LogP contribution in [-0.2, 0) is 13.0 Å². The average Bonchev–Trinajstić information content (AvgIpc) is 2.29. The van der Waals surface area contributed by atoms with E-state index in [1.807, 2.05) is 0 Å². The molecule has 1 fully saturated rings. The SMILES string of the molecule is CCc1ccc(CNC2(CC)CCC2)cc1. The molecule has 1 aromatic rings. The summed E-state index contributed by atoms with van der Waals surface area (Å²) in [6, 6.07) is 9.01. The Kier molecular flexibility index (Phi) is 3.65. The zero-order chi connectivity index (χ0) is 11.4. The first-order valence-electron chi connectivity index (χ1n) is 6.61. The van der Waals surface area contributed by atoms with Crippen molar-refractivity contribution < 1.29 is 0 Å². The van der Waals surface area contributed by atoms with Crippen molar-refractivity contribution in [3.8, 4) is 0 Å². The van der Waals surface area contributed by atoms with Gasteiger partial charge >= 0.3 is 0 Å². The van der Waals surface area contributed by atoms with Crippen LogP contribution in [0.2, 0.25) is 0 Å². The van der Waals surface area contributed by atoms with E-state index in [9.17, 15) is 0 Å². The Morgan fingerprint density at radius 3 is 2.12 bits per heavy atom.